The fourth-order valence-electron chi connectivity index (χ4n) is 3.06. The van der Waals surface area contributed by atoms with Gasteiger partial charge in [0.15, 0.2) is 0 Å². The number of para-hydroxylation sites is 1. The van der Waals surface area contributed by atoms with Gasteiger partial charge in [0.25, 0.3) is 0 Å². The summed E-state index contributed by atoms with van der Waals surface area (Å²) in [4.78, 5) is 4.94. The molecule has 0 aliphatic heterocycles. The number of pyridine rings is 1. The number of rotatable bonds is 2. The summed E-state index contributed by atoms with van der Waals surface area (Å²) in [5.41, 5.74) is 4.81. The molecule has 0 bridgehead atoms. The van der Waals surface area contributed by atoms with Crippen molar-refractivity contribution < 1.29 is 0 Å². The van der Waals surface area contributed by atoms with Crippen LogP contribution in [0.4, 0.5) is 0 Å². The van der Waals surface area contributed by atoms with E-state index in [-0.39, 0.29) is 0 Å². The Morgan fingerprint density at radius 2 is 1.50 bits per heavy atom. The van der Waals surface area contributed by atoms with Gasteiger partial charge in [-0.05, 0) is 30.0 Å². The van der Waals surface area contributed by atoms with Crippen LogP contribution in [0.5, 0.6) is 0 Å². The van der Waals surface area contributed by atoms with Crippen LogP contribution in [0, 0.1) is 6.92 Å². The summed E-state index contributed by atoms with van der Waals surface area (Å²) in [7, 11) is 0. The average molecular weight is 283 g/mol. The normalized spacial score (nSPS) is 11.1. The number of benzene rings is 3. The van der Waals surface area contributed by atoms with Crippen molar-refractivity contribution in [3.8, 4) is 0 Å². The summed E-state index contributed by atoms with van der Waals surface area (Å²) >= 11 is 0. The van der Waals surface area contributed by atoms with Crippen molar-refractivity contribution in [3.63, 3.8) is 0 Å². The summed E-state index contributed by atoms with van der Waals surface area (Å²) in [5, 5.41) is 3.79. The minimum Gasteiger partial charge on any atom is -0.252 e. The Hall–Kier alpha value is -2.67. The number of aromatic nitrogens is 1. The third kappa shape index (κ3) is 2.25. The second-order valence-corrected chi connectivity index (χ2v) is 5.79. The lowest BCUT2D eigenvalue weighted by atomic mass is 9.98. The zero-order chi connectivity index (χ0) is 14.9. The van der Waals surface area contributed by atoms with E-state index in [1.165, 1.54) is 27.3 Å². The van der Waals surface area contributed by atoms with E-state index in [1.807, 2.05) is 0 Å². The lowest BCUT2D eigenvalue weighted by Gasteiger charge is -2.10. The quantitative estimate of drug-likeness (QED) is 0.456. The van der Waals surface area contributed by atoms with Gasteiger partial charge in [-0.15, -0.1) is 0 Å². The second-order valence-electron chi connectivity index (χ2n) is 5.79. The largest absolute Gasteiger partial charge is 0.252 e. The van der Waals surface area contributed by atoms with E-state index in [2.05, 4.69) is 79.7 Å². The van der Waals surface area contributed by atoms with Gasteiger partial charge in [0.2, 0.25) is 0 Å². The Kier molecular flexibility index (Phi) is 3.12. The lowest BCUT2D eigenvalue weighted by Crippen LogP contribution is -1.96. The van der Waals surface area contributed by atoms with E-state index in [4.69, 9.17) is 4.98 Å². The summed E-state index contributed by atoms with van der Waals surface area (Å²) in [6, 6.07) is 25.6. The molecule has 0 fully saturated rings. The third-order valence-electron chi connectivity index (χ3n) is 4.15. The zero-order valence-electron chi connectivity index (χ0n) is 12.6. The summed E-state index contributed by atoms with van der Waals surface area (Å²) < 4.78 is 0. The molecule has 1 heteroatoms. The van der Waals surface area contributed by atoms with Crippen LogP contribution in [0.25, 0.3) is 21.7 Å². The van der Waals surface area contributed by atoms with Gasteiger partial charge in [-0.25, -0.2) is 0 Å². The van der Waals surface area contributed by atoms with Crippen molar-refractivity contribution in [2.75, 3.05) is 0 Å². The Morgan fingerprint density at radius 3 is 2.36 bits per heavy atom. The molecule has 0 atom stereocenters. The smallest absolute Gasteiger partial charge is 0.0711 e. The molecule has 0 spiro atoms. The highest BCUT2D eigenvalue weighted by atomic mass is 14.7. The fraction of sp³-hybridized carbons (Fsp3) is 0.0952. The summed E-state index contributed by atoms with van der Waals surface area (Å²) in [5.74, 6) is 0. The maximum Gasteiger partial charge on any atom is 0.0711 e. The molecule has 1 aromatic heterocycles. The van der Waals surface area contributed by atoms with Crippen molar-refractivity contribution in [2.24, 2.45) is 0 Å². The second kappa shape index (κ2) is 5.27. The SMILES string of the molecule is Cc1ccc2c(c1)c(Cc1ccccc1)nc1ccccc12. The summed E-state index contributed by atoms with van der Waals surface area (Å²) in [6.07, 6.45) is 0.867. The molecule has 0 saturated heterocycles. The van der Waals surface area contributed by atoms with E-state index in [0.29, 0.717) is 0 Å². The molecule has 0 unspecified atom stereocenters. The number of nitrogens with zero attached hydrogens (tertiary/aromatic N) is 1. The first-order valence-electron chi connectivity index (χ1n) is 7.63. The average Bonchev–Trinajstić information content (AvgIpc) is 2.56. The predicted octanol–water partition coefficient (Wildman–Crippen LogP) is 5.29. The minimum atomic E-state index is 0.867. The van der Waals surface area contributed by atoms with Crippen LogP contribution >= 0.6 is 0 Å². The highest BCUT2D eigenvalue weighted by Gasteiger charge is 2.09. The number of aryl methyl sites for hydroxylation is 1. The van der Waals surface area contributed by atoms with Crippen molar-refractivity contribution >= 4 is 21.7 Å². The van der Waals surface area contributed by atoms with E-state index >= 15 is 0 Å². The van der Waals surface area contributed by atoms with Crippen LogP contribution in [0.15, 0.2) is 72.8 Å². The van der Waals surface area contributed by atoms with Crippen LogP contribution < -0.4 is 0 Å². The number of hydrogen-bond acceptors (Lipinski definition) is 1. The van der Waals surface area contributed by atoms with Crippen LogP contribution in [-0.4, -0.2) is 4.98 Å². The Balaban J connectivity index is 2.00. The summed E-state index contributed by atoms with van der Waals surface area (Å²) in [6.45, 7) is 2.14. The molecule has 1 heterocycles. The zero-order valence-corrected chi connectivity index (χ0v) is 12.6. The molecule has 22 heavy (non-hydrogen) atoms. The monoisotopic (exact) mass is 283 g/mol. The maximum absolute atomic E-state index is 4.94. The van der Waals surface area contributed by atoms with E-state index in [1.54, 1.807) is 0 Å². The molecule has 0 N–H and O–H groups in total. The molecule has 0 radical (unpaired) electrons. The van der Waals surface area contributed by atoms with E-state index in [9.17, 15) is 0 Å². The van der Waals surface area contributed by atoms with Gasteiger partial charge in [0.1, 0.15) is 0 Å². The lowest BCUT2D eigenvalue weighted by molar-refractivity contribution is 1.12. The van der Waals surface area contributed by atoms with Crippen molar-refractivity contribution in [1.82, 2.24) is 4.98 Å². The van der Waals surface area contributed by atoms with Crippen molar-refractivity contribution in [2.45, 2.75) is 13.3 Å². The Bertz CT molecular complexity index is 955. The number of hydrogen-bond donors (Lipinski definition) is 0. The van der Waals surface area contributed by atoms with Crippen LogP contribution in [-0.2, 0) is 6.42 Å². The van der Waals surface area contributed by atoms with Gasteiger partial charge in [-0.2, -0.15) is 0 Å². The Labute approximate surface area is 130 Å². The molecule has 4 rings (SSSR count). The molecular formula is C21H17N. The first kappa shape index (κ1) is 13.0. The molecule has 0 amide bonds. The van der Waals surface area contributed by atoms with Gasteiger partial charge in [0, 0.05) is 17.2 Å². The molecule has 4 aromatic rings. The number of fused-ring (bicyclic) bond motifs is 3. The topological polar surface area (TPSA) is 12.9 Å². The van der Waals surface area contributed by atoms with Crippen LogP contribution in [0.2, 0.25) is 0 Å². The molecule has 106 valence electrons. The first-order valence-corrected chi connectivity index (χ1v) is 7.63. The molecule has 3 aromatic carbocycles. The fourth-order valence-corrected chi connectivity index (χ4v) is 3.06. The van der Waals surface area contributed by atoms with Gasteiger partial charge < -0.3 is 0 Å². The van der Waals surface area contributed by atoms with E-state index < -0.39 is 0 Å². The molecule has 1 nitrogen and oxygen atoms in total. The molecule has 0 saturated carbocycles. The Morgan fingerprint density at radius 1 is 0.727 bits per heavy atom. The predicted molar refractivity (Wildman–Crippen MR) is 93.2 cm³/mol. The molecule has 0 aliphatic rings. The van der Waals surface area contributed by atoms with Crippen LogP contribution in [0.3, 0.4) is 0 Å². The highest BCUT2D eigenvalue weighted by Crippen LogP contribution is 2.28. The third-order valence-corrected chi connectivity index (χ3v) is 4.15. The molecular weight excluding hydrogens is 266 g/mol. The van der Waals surface area contributed by atoms with Crippen molar-refractivity contribution in [1.29, 1.82) is 0 Å². The van der Waals surface area contributed by atoms with E-state index in [0.717, 1.165) is 17.6 Å². The minimum absolute atomic E-state index is 0.867. The maximum atomic E-state index is 4.94. The first-order chi connectivity index (χ1) is 10.8. The van der Waals surface area contributed by atoms with Crippen molar-refractivity contribution in [3.05, 3.63) is 89.6 Å². The standard InChI is InChI=1S/C21H17N/c1-15-11-12-17-18-9-5-6-10-20(18)22-21(19(17)13-15)14-16-7-3-2-4-8-16/h2-13H,14H2,1H3. The van der Waals surface area contributed by atoms with Gasteiger partial charge in [0.05, 0.1) is 11.2 Å². The van der Waals surface area contributed by atoms with Crippen LogP contribution in [0.1, 0.15) is 16.8 Å². The van der Waals surface area contributed by atoms with Gasteiger partial charge in [-0.1, -0.05) is 66.2 Å². The van der Waals surface area contributed by atoms with Gasteiger partial charge in [-0.3, -0.25) is 4.98 Å². The van der Waals surface area contributed by atoms with Gasteiger partial charge >= 0.3 is 0 Å². The highest BCUT2D eigenvalue weighted by molar-refractivity contribution is 6.06. The molecule has 0 aliphatic carbocycles.